The van der Waals surface area contributed by atoms with E-state index >= 15 is 0 Å². The maximum Gasteiger partial charge on any atom is 0.0701 e. The zero-order valence-corrected chi connectivity index (χ0v) is 10.8. The van der Waals surface area contributed by atoms with Gasteiger partial charge in [-0.15, -0.1) is 11.3 Å². The van der Waals surface area contributed by atoms with Crippen LogP contribution in [0.3, 0.4) is 0 Å². The Morgan fingerprint density at radius 3 is 2.71 bits per heavy atom. The van der Waals surface area contributed by atoms with E-state index in [1.54, 1.807) is 11.3 Å². The molecular formula is C11H16BrNS. The molecule has 0 aliphatic heterocycles. The lowest BCUT2D eigenvalue weighted by molar-refractivity contribution is 0.391. The van der Waals surface area contributed by atoms with Gasteiger partial charge in [0.05, 0.1) is 3.79 Å². The molecule has 0 bridgehead atoms. The second-order valence-corrected chi connectivity index (χ2v) is 6.29. The lowest BCUT2D eigenvalue weighted by Crippen LogP contribution is -2.22. The average Bonchev–Trinajstić information content (AvgIpc) is 2.79. The molecule has 0 radical (unpaired) electrons. The van der Waals surface area contributed by atoms with Gasteiger partial charge in [-0.05, 0) is 58.7 Å². The predicted octanol–water partition coefficient (Wildman–Crippen LogP) is 3.96. The van der Waals surface area contributed by atoms with Crippen LogP contribution in [0.15, 0.2) is 15.2 Å². The van der Waals surface area contributed by atoms with Gasteiger partial charge in [-0.2, -0.15) is 0 Å². The quantitative estimate of drug-likeness (QED) is 0.879. The molecule has 1 unspecified atom stereocenters. The number of hydrogen-bond acceptors (Lipinski definition) is 2. The van der Waals surface area contributed by atoms with Crippen molar-refractivity contribution in [2.45, 2.75) is 31.7 Å². The summed E-state index contributed by atoms with van der Waals surface area (Å²) in [5.74, 6) is 0.849. The fourth-order valence-corrected chi connectivity index (χ4v) is 3.66. The number of hydrogen-bond donors (Lipinski definition) is 1. The summed E-state index contributed by atoms with van der Waals surface area (Å²) in [6.07, 6.45) is 5.60. The largest absolute Gasteiger partial charge is 0.313 e. The predicted molar refractivity (Wildman–Crippen MR) is 65.8 cm³/mol. The van der Waals surface area contributed by atoms with E-state index in [0.717, 1.165) is 5.92 Å². The van der Waals surface area contributed by atoms with Crippen LogP contribution in [0.2, 0.25) is 0 Å². The smallest absolute Gasteiger partial charge is 0.0701 e. The molecule has 1 nitrogen and oxygen atoms in total. The standard InChI is InChI=1S/C11H16BrNS/c1-13-11(8-4-2-3-5-8)9-6-10(12)14-7-9/h6-8,11,13H,2-5H2,1H3. The molecule has 1 fully saturated rings. The summed E-state index contributed by atoms with van der Waals surface area (Å²) in [6, 6.07) is 2.82. The first-order chi connectivity index (χ1) is 6.81. The molecule has 1 atom stereocenters. The Morgan fingerprint density at radius 2 is 2.21 bits per heavy atom. The first-order valence-corrected chi connectivity index (χ1v) is 6.89. The van der Waals surface area contributed by atoms with E-state index in [-0.39, 0.29) is 0 Å². The normalized spacial score (nSPS) is 20.1. The maximum absolute atomic E-state index is 3.53. The molecule has 1 aliphatic carbocycles. The van der Waals surface area contributed by atoms with Crippen molar-refractivity contribution in [3.8, 4) is 0 Å². The summed E-state index contributed by atoms with van der Waals surface area (Å²) in [4.78, 5) is 0. The molecule has 1 N–H and O–H groups in total. The van der Waals surface area contributed by atoms with Crippen LogP contribution in [0.4, 0.5) is 0 Å². The van der Waals surface area contributed by atoms with Crippen LogP contribution in [-0.2, 0) is 0 Å². The molecule has 0 spiro atoms. The van der Waals surface area contributed by atoms with E-state index in [2.05, 4.69) is 39.7 Å². The molecule has 14 heavy (non-hydrogen) atoms. The van der Waals surface area contributed by atoms with E-state index in [4.69, 9.17) is 0 Å². The Kier molecular flexibility index (Phi) is 3.63. The minimum Gasteiger partial charge on any atom is -0.313 e. The summed E-state index contributed by atoms with van der Waals surface area (Å²) in [6.45, 7) is 0. The fraction of sp³-hybridized carbons (Fsp3) is 0.636. The van der Waals surface area contributed by atoms with E-state index < -0.39 is 0 Å². The first kappa shape index (κ1) is 10.7. The van der Waals surface area contributed by atoms with E-state index in [9.17, 15) is 0 Å². The molecule has 1 aromatic heterocycles. The minimum absolute atomic E-state index is 0.569. The van der Waals surface area contributed by atoms with Crippen LogP contribution >= 0.6 is 27.3 Å². The van der Waals surface area contributed by atoms with Crippen molar-refractivity contribution in [3.05, 3.63) is 20.8 Å². The van der Waals surface area contributed by atoms with E-state index in [1.165, 1.54) is 35.0 Å². The molecule has 2 rings (SSSR count). The third kappa shape index (κ3) is 2.20. The summed E-state index contributed by atoms with van der Waals surface area (Å²) in [7, 11) is 2.08. The van der Waals surface area contributed by atoms with Gasteiger partial charge >= 0.3 is 0 Å². The number of rotatable bonds is 3. The molecule has 1 saturated carbocycles. The molecule has 0 amide bonds. The number of halogens is 1. The Balaban J connectivity index is 2.12. The first-order valence-electron chi connectivity index (χ1n) is 5.22. The molecule has 1 aliphatic rings. The summed E-state index contributed by atoms with van der Waals surface area (Å²) >= 11 is 5.31. The third-order valence-electron chi connectivity index (χ3n) is 3.13. The van der Waals surface area contributed by atoms with Crippen LogP contribution in [0.1, 0.15) is 37.3 Å². The van der Waals surface area contributed by atoms with Crippen molar-refractivity contribution < 1.29 is 0 Å². The van der Waals surface area contributed by atoms with Crippen molar-refractivity contribution in [1.82, 2.24) is 5.32 Å². The Bertz CT molecular complexity index is 291. The maximum atomic E-state index is 3.53. The highest BCUT2D eigenvalue weighted by Gasteiger charge is 2.25. The fourth-order valence-electron chi connectivity index (χ4n) is 2.45. The summed E-state index contributed by atoms with van der Waals surface area (Å²) in [5.41, 5.74) is 1.45. The van der Waals surface area contributed by atoms with Crippen molar-refractivity contribution in [1.29, 1.82) is 0 Å². The van der Waals surface area contributed by atoms with Crippen LogP contribution in [0.5, 0.6) is 0 Å². The number of nitrogens with one attached hydrogen (secondary N) is 1. The van der Waals surface area contributed by atoms with Crippen molar-refractivity contribution in [3.63, 3.8) is 0 Å². The van der Waals surface area contributed by atoms with Crippen molar-refractivity contribution in [2.75, 3.05) is 7.05 Å². The van der Waals surface area contributed by atoms with Crippen LogP contribution < -0.4 is 5.32 Å². The second kappa shape index (κ2) is 4.77. The lowest BCUT2D eigenvalue weighted by Gasteiger charge is -2.21. The van der Waals surface area contributed by atoms with Gasteiger partial charge in [-0.1, -0.05) is 12.8 Å². The molecule has 0 saturated heterocycles. The molecular weight excluding hydrogens is 258 g/mol. The minimum atomic E-state index is 0.569. The third-order valence-corrected chi connectivity index (χ3v) is 4.65. The van der Waals surface area contributed by atoms with E-state index in [0.29, 0.717) is 6.04 Å². The zero-order chi connectivity index (χ0) is 9.97. The Morgan fingerprint density at radius 1 is 1.50 bits per heavy atom. The van der Waals surface area contributed by atoms with Gasteiger partial charge in [0.25, 0.3) is 0 Å². The lowest BCUT2D eigenvalue weighted by atomic mass is 9.94. The van der Waals surface area contributed by atoms with Gasteiger partial charge in [0, 0.05) is 6.04 Å². The molecule has 1 aromatic rings. The molecule has 3 heteroatoms. The van der Waals surface area contributed by atoms with Gasteiger partial charge < -0.3 is 5.32 Å². The zero-order valence-electron chi connectivity index (χ0n) is 8.42. The highest BCUT2D eigenvalue weighted by molar-refractivity contribution is 9.11. The van der Waals surface area contributed by atoms with Crippen LogP contribution in [-0.4, -0.2) is 7.05 Å². The monoisotopic (exact) mass is 273 g/mol. The van der Waals surface area contributed by atoms with E-state index in [1.807, 2.05) is 0 Å². The highest BCUT2D eigenvalue weighted by atomic mass is 79.9. The molecule has 0 aromatic carbocycles. The van der Waals surface area contributed by atoms with Gasteiger partial charge in [-0.3, -0.25) is 0 Å². The van der Waals surface area contributed by atoms with Gasteiger partial charge in [-0.25, -0.2) is 0 Å². The summed E-state index contributed by atoms with van der Waals surface area (Å²) in [5, 5.41) is 5.73. The van der Waals surface area contributed by atoms with Gasteiger partial charge in [0.15, 0.2) is 0 Å². The highest BCUT2D eigenvalue weighted by Crippen LogP contribution is 2.37. The van der Waals surface area contributed by atoms with Gasteiger partial charge in [0.2, 0.25) is 0 Å². The average molecular weight is 274 g/mol. The van der Waals surface area contributed by atoms with Crippen LogP contribution in [0.25, 0.3) is 0 Å². The second-order valence-electron chi connectivity index (χ2n) is 4.00. The molecule has 78 valence electrons. The van der Waals surface area contributed by atoms with Gasteiger partial charge in [0.1, 0.15) is 0 Å². The van der Waals surface area contributed by atoms with Crippen LogP contribution in [0, 0.1) is 5.92 Å². The number of thiophene rings is 1. The van der Waals surface area contributed by atoms with Crippen molar-refractivity contribution >= 4 is 27.3 Å². The summed E-state index contributed by atoms with van der Waals surface area (Å²) < 4.78 is 1.24. The Labute approximate surface area is 98.0 Å². The SMILES string of the molecule is CNC(c1csc(Br)c1)C1CCCC1. The topological polar surface area (TPSA) is 12.0 Å². The Hall–Kier alpha value is 0.140. The molecule has 1 heterocycles. The van der Waals surface area contributed by atoms with Crippen molar-refractivity contribution in [2.24, 2.45) is 5.92 Å².